The number of rotatable bonds is 5. The second-order valence-corrected chi connectivity index (χ2v) is 5.34. The molecule has 6 nitrogen and oxygen atoms in total. The summed E-state index contributed by atoms with van der Waals surface area (Å²) >= 11 is 0. The van der Waals surface area contributed by atoms with E-state index >= 15 is 0 Å². The minimum atomic E-state index is -4.95. The molecule has 0 unspecified atom stereocenters. The lowest BCUT2D eigenvalue weighted by Crippen LogP contribution is -2.30. The maximum Gasteiger partial charge on any atom is 0.471 e. The van der Waals surface area contributed by atoms with Gasteiger partial charge in [0.05, 0.1) is 37.8 Å². The highest BCUT2D eigenvalue weighted by Crippen LogP contribution is 2.29. The van der Waals surface area contributed by atoms with Gasteiger partial charge in [0.2, 0.25) is 0 Å². The monoisotopic (exact) mass is 357 g/mol. The first kappa shape index (κ1) is 18.6. The number of anilines is 1. The highest BCUT2D eigenvalue weighted by Gasteiger charge is 2.39. The fourth-order valence-electron chi connectivity index (χ4n) is 2.37. The largest absolute Gasteiger partial charge is 0.493 e. The molecule has 0 saturated carbocycles. The summed E-state index contributed by atoms with van der Waals surface area (Å²) in [4.78, 5) is 11.2. The van der Waals surface area contributed by atoms with Crippen LogP contribution in [-0.2, 0) is 11.3 Å². The van der Waals surface area contributed by atoms with Gasteiger partial charge in [-0.3, -0.25) is 9.48 Å². The van der Waals surface area contributed by atoms with Crippen molar-refractivity contribution in [2.24, 2.45) is 0 Å². The number of hydrogen-bond acceptors (Lipinski definition) is 4. The molecule has 0 bridgehead atoms. The Morgan fingerprint density at radius 3 is 2.40 bits per heavy atom. The summed E-state index contributed by atoms with van der Waals surface area (Å²) in [5.74, 6) is -0.922. The molecule has 0 aliphatic rings. The first-order valence-corrected chi connectivity index (χ1v) is 7.30. The Bertz CT molecular complexity index is 785. The van der Waals surface area contributed by atoms with E-state index in [2.05, 4.69) is 5.10 Å². The van der Waals surface area contributed by atoms with E-state index in [1.54, 1.807) is 25.1 Å². The van der Waals surface area contributed by atoms with Crippen molar-refractivity contribution in [3.8, 4) is 11.5 Å². The molecule has 0 spiro atoms. The molecule has 2 rings (SSSR count). The van der Waals surface area contributed by atoms with E-state index < -0.39 is 12.1 Å². The van der Waals surface area contributed by atoms with Crippen LogP contribution in [0.15, 0.2) is 18.2 Å². The van der Waals surface area contributed by atoms with Crippen LogP contribution in [0.25, 0.3) is 0 Å². The van der Waals surface area contributed by atoms with Gasteiger partial charge >= 0.3 is 12.1 Å². The van der Waals surface area contributed by atoms with Crippen LogP contribution in [0.5, 0.6) is 11.5 Å². The normalized spacial score (nSPS) is 11.3. The zero-order chi connectivity index (χ0) is 18.8. The standard InChI is InChI=1S/C16H18F3N3O3/c1-9-14(20-15(23)16(17,18)19)10(2)22(21-9)8-11-5-6-12(24-3)13(7-11)25-4/h5-7H,8H2,1-4H3,(H,20,23). The number of alkyl halides is 3. The molecule has 0 saturated heterocycles. The molecule has 1 N–H and O–H groups in total. The summed E-state index contributed by atoms with van der Waals surface area (Å²) in [5.41, 5.74) is 1.60. The van der Waals surface area contributed by atoms with Crippen molar-refractivity contribution in [1.29, 1.82) is 0 Å². The number of aryl methyl sites for hydroxylation is 1. The number of hydrogen-bond donors (Lipinski definition) is 1. The first-order valence-electron chi connectivity index (χ1n) is 7.30. The van der Waals surface area contributed by atoms with Crippen molar-refractivity contribution in [3.05, 3.63) is 35.2 Å². The van der Waals surface area contributed by atoms with E-state index in [4.69, 9.17) is 9.47 Å². The third-order valence-corrected chi connectivity index (χ3v) is 3.66. The molecule has 0 radical (unpaired) electrons. The summed E-state index contributed by atoms with van der Waals surface area (Å²) in [6, 6.07) is 5.28. The van der Waals surface area contributed by atoms with Gasteiger partial charge in [-0.2, -0.15) is 18.3 Å². The van der Waals surface area contributed by atoms with Gasteiger partial charge < -0.3 is 14.8 Å². The van der Waals surface area contributed by atoms with Crippen LogP contribution in [0, 0.1) is 13.8 Å². The Kier molecular flexibility index (Phi) is 5.24. The van der Waals surface area contributed by atoms with Crippen LogP contribution in [0.3, 0.4) is 0 Å². The lowest BCUT2D eigenvalue weighted by Gasteiger charge is -2.11. The second-order valence-electron chi connectivity index (χ2n) is 5.34. The molecule has 1 aromatic carbocycles. The summed E-state index contributed by atoms with van der Waals surface area (Å²) in [7, 11) is 3.03. The van der Waals surface area contributed by atoms with Crippen LogP contribution in [0.2, 0.25) is 0 Å². The van der Waals surface area contributed by atoms with Crippen LogP contribution in [0.4, 0.5) is 18.9 Å². The molecule has 1 heterocycles. The molecule has 0 aliphatic carbocycles. The second kappa shape index (κ2) is 7.04. The average molecular weight is 357 g/mol. The number of nitrogens with zero attached hydrogens (tertiary/aromatic N) is 2. The highest BCUT2D eigenvalue weighted by molar-refractivity contribution is 5.95. The van der Waals surface area contributed by atoms with Crippen LogP contribution in [0.1, 0.15) is 17.0 Å². The number of methoxy groups -OCH3 is 2. The molecule has 25 heavy (non-hydrogen) atoms. The fraction of sp³-hybridized carbons (Fsp3) is 0.375. The van der Waals surface area contributed by atoms with Gasteiger partial charge in [-0.15, -0.1) is 0 Å². The van der Waals surface area contributed by atoms with Crippen molar-refractivity contribution >= 4 is 11.6 Å². The zero-order valence-corrected chi connectivity index (χ0v) is 14.2. The smallest absolute Gasteiger partial charge is 0.471 e. The molecular formula is C16H18F3N3O3. The van der Waals surface area contributed by atoms with Crippen molar-refractivity contribution in [2.45, 2.75) is 26.6 Å². The number of nitrogens with one attached hydrogen (secondary N) is 1. The van der Waals surface area contributed by atoms with E-state index in [1.807, 2.05) is 5.32 Å². The number of benzene rings is 1. The van der Waals surface area contributed by atoms with Gasteiger partial charge in [0, 0.05) is 0 Å². The molecular weight excluding hydrogens is 339 g/mol. The molecule has 2 aromatic rings. The minimum Gasteiger partial charge on any atom is -0.493 e. The highest BCUT2D eigenvalue weighted by atomic mass is 19.4. The van der Waals surface area contributed by atoms with Crippen LogP contribution in [-0.4, -0.2) is 36.1 Å². The summed E-state index contributed by atoms with van der Waals surface area (Å²) in [5, 5.41) is 6.07. The third-order valence-electron chi connectivity index (χ3n) is 3.66. The maximum absolute atomic E-state index is 12.4. The molecule has 136 valence electrons. The zero-order valence-electron chi connectivity index (χ0n) is 14.2. The summed E-state index contributed by atoms with van der Waals surface area (Å²) in [6.45, 7) is 3.42. The van der Waals surface area contributed by atoms with Gasteiger partial charge in [-0.05, 0) is 31.5 Å². The molecule has 0 aliphatic heterocycles. The Morgan fingerprint density at radius 2 is 1.84 bits per heavy atom. The Morgan fingerprint density at radius 1 is 1.20 bits per heavy atom. The van der Waals surface area contributed by atoms with E-state index in [9.17, 15) is 18.0 Å². The van der Waals surface area contributed by atoms with E-state index in [1.165, 1.54) is 25.8 Å². The van der Waals surface area contributed by atoms with Crippen molar-refractivity contribution in [3.63, 3.8) is 0 Å². The van der Waals surface area contributed by atoms with E-state index in [0.717, 1.165) is 5.56 Å². The minimum absolute atomic E-state index is 0.0581. The Balaban J connectivity index is 2.27. The van der Waals surface area contributed by atoms with Crippen molar-refractivity contribution in [1.82, 2.24) is 9.78 Å². The number of halogens is 3. The first-order chi connectivity index (χ1) is 11.7. The van der Waals surface area contributed by atoms with Crippen LogP contribution >= 0.6 is 0 Å². The Hall–Kier alpha value is -2.71. The van der Waals surface area contributed by atoms with Crippen LogP contribution < -0.4 is 14.8 Å². The summed E-state index contributed by atoms with van der Waals surface area (Å²) in [6.07, 6.45) is -4.95. The van der Waals surface area contributed by atoms with Crippen molar-refractivity contribution < 1.29 is 27.4 Å². The number of carbonyl (C=O) groups excluding carboxylic acids is 1. The topological polar surface area (TPSA) is 65.4 Å². The van der Waals surface area contributed by atoms with Gasteiger partial charge in [0.15, 0.2) is 11.5 Å². The lowest BCUT2D eigenvalue weighted by molar-refractivity contribution is -0.167. The van der Waals surface area contributed by atoms with E-state index in [-0.39, 0.29) is 5.69 Å². The third kappa shape index (κ3) is 4.04. The van der Waals surface area contributed by atoms with Gasteiger partial charge in [-0.1, -0.05) is 6.07 Å². The maximum atomic E-state index is 12.4. The van der Waals surface area contributed by atoms with Gasteiger partial charge in [0.25, 0.3) is 0 Å². The molecule has 1 aromatic heterocycles. The lowest BCUT2D eigenvalue weighted by atomic mass is 10.2. The predicted octanol–water partition coefficient (Wildman–Crippen LogP) is 3.07. The quantitative estimate of drug-likeness (QED) is 0.893. The number of amides is 1. The van der Waals surface area contributed by atoms with E-state index in [0.29, 0.717) is 29.4 Å². The number of ether oxygens (including phenoxy) is 2. The number of aromatic nitrogens is 2. The number of carbonyl (C=O) groups is 1. The molecule has 1 amide bonds. The predicted molar refractivity (Wildman–Crippen MR) is 85.0 cm³/mol. The molecule has 0 fully saturated rings. The SMILES string of the molecule is COc1ccc(Cn2nc(C)c(NC(=O)C(F)(F)F)c2C)cc1OC. The fourth-order valence-corrected chi connectivity index (χ4v) is 2.37. The van der Waals surface area contributed by atoms with Gasteiger partial charge in [0.1, 0.15) is 0 Å². The Labute approximate surface area is 142 Å². The summed E-state index contributed by atoms with van der Waals surface area (Å²) < 4.78 is 49.2. The average Bonchev–Trinajstić information content (AvgIpc) is 2.81. The molecule has 0 atom stereocenters. The van der Waals surface area contributed by atoms with Gasteiger partial charge in [-0.25, -0.2) is 0 Å². The van der Waals surface area contributed by atoms with Crippen molar-refractivity contribution in [2.75, 3.05) is 19.5 Å². The molecule has 9 heteroatoms.